The monoisotopic (exact) mass is 192 g/mol. The van der Waals surface area contributed by atoms with Crippen LogP contribution in [0.15, 0.2) is 18.2 Å². The van der Waals surface area contributed by atoms with Gasteiger partial charge in [-0.2, -0.15) is 0 Å². The van der Waals surface area contributed by atoms with Crippen molar-refractivity contribution in [3.63, 3.8) is 0 Å². The number of nitrogens with one attached hydrogen (secondary N) is 2. The second-order valence-electron chi connectivity index (χ2n) is 3.25. The number of carbonyl (C=O) groups is 1. The predicted octanol–water partition coefficient (Wildman–Crippen LogP) is 2.44. The van der Waals surface area contributed by atoms with Gasteiger partial charge in [0.25, 0.3) is 0 Å². The van der Waals surface area contributed by atoms with Crippen LogP contribution < -0.4 is 10.6 Å². The molecule has 0 aliphatic heterocycles. The van der Waals surface area contributed by atoms with Gasteiger partial charge in [-0.25, -0.2) is 4.79 Å². The Morgan fingerprint density at radius 3 is 2.36 bits per heavy atom. The Morgan fingerprint density at radius 1 is 1.29 bits per heavy atom. The third-order valence-electron chi connectivity index (χ3n) is 2.06. The van der Waals surface area contributed by atoms with Crippen molar-refractivity contribution in [2.75, 3.05) is 11.9 Å². The maximum absolute atomic E-state index is 11.3. The van der Waals surface area contributed by atoms with E-state index in [1.165, 1.54) is 0 Å². The van der Waals surface area contributed by atoms with Gasteiger partial charge >= 0.3 is 6.03 Å². The molecular formula is C11H16N2O. The van der Waals surface area contributed by atoms with Gasteiger partial charge in [0.15, 0.2) is 0 Å². The molecule has 0 unspecified atom stereocenters. The number of urea groups is 1. The van der Waals surface area contributed by atoms with E-state index >= 15 is 0 Å². The van der Waals surface area contributed by atoms with Crippen molar-refractivity contribution in [3.8, 4) is 0 Å². The number of amides is 2. The molecule has 0 saturated carbocycles. The molecule has 0 spiro atoms. The molecule has 3 heteroatoms. The summed E-state index contributed by atoms with van der Waals surface area (Å²) in [5, 5.41) is 5.53. The van der Waals surface area contributed by atoms with Crippen molar-refractivity contribution >= 4 is 11.7 Å². The van der Waals surface area contributed by atoms with Crippen molar-refractivity contribution in [1.29, 1.82) is 0 Å². The van der Waals surface area contributed by atoms with Crippen LogP contribution in [0.2, 0.25) is 0 Å². The van der Waals surface area contributed by atoms with Gasteiger partial charge < -0.3 is 10.6 Å². The first kappa shape index (κ1) is 10.6. The Bertz CT molecular complexity index is 314. The van der Waals surface area contributed by atoms with Crippen molar-refractivity contribution < 1.29 is 4.79 Å². The van der Waals surface area contributed by atoms with E-state index in [1.54, 1.807) is 0 Å². The lowest BCUT2D eigenvalue weighted by atomic mass is 10.1. The summed E-state index contributed by atoms with van der Waals surface area (Å²) >= 11 is 0. The van der Waals surface area contributed by atoms with Gasteiger partial charge in [0.1, 0.15) is 0 Å². The first-order valence-corrected chi connectivity index (χ1v) is 4.76. The zero-order valence-corrected chi connectivity index (χ0v) is 8.85. The largest absolute Gasteiger partial charge is 0.338 e. The normalized spacial score (nSPS) is 9.64. The lowest BCUT2D eigenvalue weighted by Crippen LogP contribution is -2.28. The molecule has 2 amide bonds. The summed E-state index contributed by atoms with van der Waals surface area (Å²) in [6.07, 6.45) is 0. The van der Waals surface area contributed by atoms with Crippen LogP contribution in [-0.2, 0) is 0 Å². The van der Waals surface area contributed by atoms with E-state index in [-0.39, 0.29) is 6.03 Å². The molecule has 0 fully saturated rings. The molecule has 2 N–H and O–H groups in total. The molecular weight excluding hydrogens is 176 g/mol. The van der Waals surface area contributed by atoms with E-state index in [0.29, 0.717) is 6.54 Å². The number of carbonyl (C=O) groups excluding carboxylic acids is 1. The van der Waals surface area contributed by atoms with Gasteiger partial charge in [0, 0.05) is 12.2 Å². The van der Waals surface area contributed by atoms with Crippen LogP contribution in [0.3, 0.4) is 0 Å². The summed E-state index contributed by atoms with van der Waals surface area (Å²) in [6.45, 7) is 6.49. The minimum Gasteiger partial charge on any atom is -0.338 e. The van der Waals surface area contributed by atoms with Gasteiger partial charge in [0.2, 0.25) is 0 Å². The van der Waals surface area contributed by atoms with Crippen molar-refractivity contribution in [3.05, 3.63) is 29.3 Å². The topological polar surface area (TPSA) is 41.1 Å². The lowest BCUT2D eigenvalue weighted by molar-refractivity contribution is 0.252. The van der Waals surface area contributed by atoms with E-state index in [1.807, 2.05) is 39.0 Å². The summed E-state index contributed by atoms with van der Waals surface area (Å²) in [7, 11) is 0. The van der Waals surface area contributed by atoms with Crippen LogP contribution >= 0.6 is 0 Å². The molecule has 0 atom stereocenters. The first-order valence-electron chi connectivity index (χ1n) is 4.76. The third-order valence-corrected chi connectivity index (χ3v) is 2.06. The maximum atomic E-state index is 11.3. The Morgan fingerprint density at radius 2 is 1.86 bits per heavy atom. The summed E-state index contributed by atoms with van der Waals surface area (Å²) in [5.74, 6) is 0. The standard InChI is InChI=1S/C11H16N2O/c1-4-12-11(14)13-10-8(2)6-5-7-9(10)3/h5-7H,4H2,1-3H3,(H2,12,13,14). The molecule has 0 radical (unpaired) electrons. The van der Waals surface area contributed by atoms with E-state index in [0.717, 1.165) is 16.8 Å². The Kier molecular flexibility index (Phi) is 3.51. The van der Waals surface area contributed by atoms with Gasteiger partial charge in [-0.15, -0.1) is 0 Å². The SMILES string of the molecule is CCNC(=O)Nc1c(C)cccc1C. The van der Waals surface area contributed by atoms with E-state index in [4.69, 9.17) is 0 Å². The quantitative estimate of drug-likeness (QED) is 0.742. The molecule has 0 aromatic heterocycles. The van der Waals surface area contributed by atoms with Crippen molar-refractivity contribution in [2.45, 2.75) is 20.8 Å². The van der Waals surface area contributed by atoms with Crippen LogP contribution in [0.1, 0.15) is 18.1 Å². The number of hydrogen-bond acceptors (Lipinski definition) is 1. The zero-order chi connectivity index (χ0) is 10.6. The van der Waals surface area contributed by atoms with Crippen molar-refractivity contribution in [2.24, 2.45) is 0 Å². The highest BCUT2D eigenvalue weighted by Gasteiger charge is 2.04. The molecule has 1 rings (SSSR count). The summed E-state index contributed by atoms with van der Waals surface area (Å²) in [4.78, 5) is 11.3. The fourth-order valence-electron chi connectivity index (χ4n) is 1.33. The fraction of sp³-hybridized carbons (Fsp3) is 0.364. The molecule has 1 aromatic rings. The highest BCUT2D eigenvalue weighted by atomic mass is 16.2. The van der Waals surface area contributed by atoms with Gasteiger partial charge in [-0.05, 0) is 31.9 Å². The summed E-state index contributed by atoms with van der Waals surface area (Å²) in [5.41, 5.74) is 3.06. The first-order chi connectivity index (χ1) is 6.65. The van der Waals surface area contributed by atoms with Crippen LogP contribution in [-0.4, -0.2) is 12.6 Å². The molecule has 3 nitrogen and oxygen atoms in total. The second kappa shape index (κ2) is 4.65. The number of hydrogen-bond donors (Lipinski definition) is 2. The Balaban J connectivity index is 2.80. The molecule has 0 heterocycles. The number of aryl methyl sites for hydroxylation is 2. The highest BCUT2D eigenvalue weighted by Crippen LogP contribution is 2.18. The molecule has 0 aliphatic carbocycles. The maximum Gasteiger partial charge on any atom is 0.319 e. The number of para-hydroxylation sites is 1. The molecule has 14 heavy (non-hydrogen) atoms. The van der Waals surface area contributed by atoms with Crippen LogP contribution in [0.5, 0.6) is 0 Å². The van der Waals surface area contributed by atoms with E-state index in [2.05, 4.69) is 10.6 Å². The highest BCUT2D eigenvalue weighted by molar-refractivity contribution is 5.90. The van der Waals surface area contributed by atoms with Crippen LogP contribution in [0.25, 0.3) is 0 Å². The minimum absolute atomic E-state index is 0.148. The summed E-state index contributed by atoms with van der Waals surface area (Å²) < 4.78 is 0. The summed E-state index contributed by atoms with van der Waals surface area (Å²) in [6, 6.07) is 5.79. The average molecular weight is 192 g/mol. The molecule has 76 valence electrons. The Labute approximate surface area is 84.5 Å². The molecule has 0 aliphatic rings. The third kappa shape index (κ3) is 2.49. The number of anilines is 1. The van der Waals surface area contributed by atoms with Gasteiger partial charge in [0.05, 0.1) is 0 Å². The van der Waals surface area contributed by atoms with Crippen molar-refractivity contribution in [1.82, 2.24) is 5.32 Å². The number of benzene rings is 1. The smallest absolute Gasteiger partial charge is 0.319 e. The zero-order valence-electron chi connectivity index (χ0n) is 8.85. The van der Waals surface area contributed by atoms with Crippen LogP contribution in [0, 0.1) is 13.8 Å². The second-order valence-corrected chi connectivity index (χ2v) is 3.25. The van der Waals surface area contributed by atoms with Gasteiger partial charge in [-0.3, -0.25) is 0 Å². The predicted molar refractivity (Wildman–Crippen MR) is 58.6 cm³/mol. The number of rotatable bonds is 2. The van der Waals surface area contributed by atoms with E-state index < -0.39 is 0 Å². The van der Waals surface area contributed by atoms with E-state index in [9.17, 15) is 4.79 Å². The molecule has 0 bridgehead atoms. The Hall–Kier alpha value is -1.51. The van der Waals surface area contributed by atoms with Crippen LogP contribution in [0.4, 0.5) is 10.5 Å². The average Bonchev–Trinajstić information content (AvgIpc) is 2.12. The lowest BCUT2D eigenvalue weighted by Gasteiger charge is -2.11. The fourth-order valence-corrected chi connectivity index (χ4v) is 1.33. The minimum atomic E-state index is -0.148. The van der Waals surface area contributed by atoms with Gasteiger partial charge in [-0.1, -0.05) is 18.2 Å². The molecule has 1 aromatic carbocycles. The molecule has 0 saturated heterocycles.